The maximum atomic E-state index is 5.81. The van der Waals surface area contributed by atoms with E-state index in [4.69, 9.17) is 5.73 Å². The van der Waals surface area contributed by atoms with Gasteiger partial charge in [0.05, 0.1) is 0 Å². The predicted octanol–water partition coefficient (Wildman–Crippen LogP) is 3.65. The summed E-state index contributed by atoms with van der Waals surface area (Å²) in [6, 6.07) is 0.825. The maximum absolute atomic E-state index is 5.81. The SMILES string of the molecule is CC(N1CCCC(CCN)C1)C12CC3CC(CC(C3)C1)C2. The summed E-state index contributed by atoms with van der Waals surface area (Å²) in [6.07, 6.45) is 13.4. The number of nitrogens with zero attached hydrogens (tertiary/aromatic N) is 1. The van der Waals surface area contributed by atoms with E-state index in [1.54, 1.807) is 38.5 Å². The van der Waals surface area contributed by atoms with Crippen LogP contribution in [-0.4, -0.2) is 30.6 Å². The van der Waals surface area contributed by atoms with E-state index in [2.05, 4.69) is 11.8 Å². The molecule has 4 saturated carbocycles. The Morgan fingerprint density at radius 3 is 2.29 bits per heavy atom. The van der Waals surface area contributed by atoms with Crippen LogP contribution in [0.4, 0.5) is 0 Å². The first kappa shape index (κ1) is 14.5. The minimum atomic E-state index is 0.694. The number of hydrogen-bond donors (Lipinski definition) is 1. The molecular formula is C19H34N2. The largest absolute Gasteiger partial charge is 0.330 e. The van der Waals surface area contributed by atoms with Crippen LogP contribution in [0.1, 0.15) is 64.7 Å². The van der Waals surface area contributed by atoms with Crippen molar-refractivity contribution in [3.05, 3.63) is 0 Å². The molecule has 120 valence electrons. The number of rotatable bonds is 4. The van der Waals surface area contributed by atoms with Gasteiger partial charge in [-0.25, -0.2) is 0 Å². The molecule has 0 spiro atoms. The fourth-order valence-corrected chi connectivity index (χ4v) is 7.00. The molecule has 0 radical (unpaired) electrons. The van der Waals surface area contributed by atoms with Crippen molar-refractivity contribution in [3.8, 4) is 0 Å². The molecule has 21 heavy (non-hydrogen) atoms. The Labute approximate surface area is 130 Å². The van der Waals surface area contributed by atoms with E-state index >= 15 is 0 Å². The molecule has 1 heterocycles. The second-order valence-electron chi connectivity index (χ2n) is 9.04. The van der Waals surface area contributed by atoms with Crippen molar-refractivity contribution in [2.75, 3.05) is 19.6 Å². The van der Waals surface area contributed by atoms with Gasteiger partial charge in [-0.15, -0.1) is 0 Å². The number of likely N-dealkylation sites (tertiary alicyclic amines) is 1. The van der Waals surface area contributed by atoms with Crippen LogP contribution < -0.4 is 5.73 Å². The monoisotopic (exact) mass is 290 g/mol. The van der Waals surface area contributed by atoms with Crippen LogP contribution in [-0.2, 0) is 0 Å². The predicted molar refractivity (Wildman–Crippen MR) is 88.0 cm³/mol. The van der Waals surface area contributed by atoms with Gasteiger partial charge in [0, 0.05) is 12.6 Å². The standard InChI is InChI=1S/C19H34N2/c1-14(21-6-2-3-15(13-21)4-5-20)19-10-16-7-17(11-19)9-18(8-16)12-19/h14-18H,2-13,20H2,1H3. The summed E-state index contributed by atoms with van der Waals surface area (Å²) >= 11 is 0. The van der Waals surface area contributed by atoms with Crippen LogP contribution in [0.25, 0.3) is 0 Å². The van der Waals surface area contributed by atoms with E-state index in [9.17, 15) is 0 Å². The first-order valence-electron chi connectivity index (χ1n) is 9.62. The molecule has 1 saturated heterocycles. The van der Waals surface area contributed by atoms with Crippen molar-refractivity contribution in [2.45, 2.75) is 70.8 Å². The fourth-order valence-electron chi connectivity index (χ4n) is 7.00. The summed E-state index contributed by atoms with van der Waals surface area (Å²) in [7, 11) is 0. The Hall–Kier alpha value is -0.0800. The highest BCUT2D eigenvalue weighted by Gasteiger charge is 2.54. The van der Waals surface area contributed by atoms with Crippen LogP contribution in [0.5, 0.6) is 0 Å². The first-order chi connectivity index (χ1) is 10.2. The van der Waals surface area contributed by atoms with Crippen molar-refractivity contribution in [1.82, 2.24) is 4.90 Å². The molecular weight excluding hydrogens is 256 g/mol. The van der Waals surface area contributed by atoms with Gasteiger partial charge in [-0.2, -0.15) is 0 Å². The van der Waals surface area contributed by atoms with Gasteiger partial charge in [0.15, 0.2) is 0 Å². The Bertz CT molecular complexity index is 340. The average molecular weight is 290 g/mol. The molecule has 5 fully saturated rings. The molecule has 2 nitrogen and oxygen atoms in total. The molecule has 5 rings (SSSR count). The Kier molecular flexibility index (Phi) is 3.82. The summed E-state index contributed by atoms with van der Waals surface area (Å²) in [5.41, 5.74) is 6.50. The van der Waals surface area contributed by atoms with E-state index in [0.29, 0.717) is 5.41 Å². The highest BCUT2D eigenvalue weighted by atomic mass is 15.2. The Morgan fingerprint density at radius 1 is 1.10 bits per heavy atom. The van der Waals surface area contributed by atoms with E-state index in [-0.39, 0.29) is 0 Å². The smallest absolute Gasteiger partial charge is 0.0124 e. The first-order valence-corrected chi connectivity index (χ1v) is 9.62. The quantitative estimate of drug-likeness (QED) is 0.856. The van der Waals surface area contributed by atoms with E-state index in [1.165, 1.54) is 32.4 Å². The molecule has 2 heteroatoms. The fraction of sp³-hybridized carbons (Fsp3) is 1.00. The molecule has 0 aromatic rings. The van der Waals surface area contributed by atoms with Crippen LogP contribution in [0, 0.1) is 29.1 Å². The van der Waals surface area contributed by atoms with Gasteiger partial charge in [0.25, 0.3) is 0 Å². The van der Waals surface area contributed by atoms with Crippen molar-refractivity contribution in [2.24, 2.45) is 34.8 Å². The molecule has 2 atom stereocenters. The highest BCUT2D eigenvalue weighted by Crippen LogP contribution is 2.62. The van der Waals surface area contributed by atoms with Crippen molar-refractivity contribution < 1.29 is 0 Å². The minimum absolute atomic E-state index is 0.694. The van der Waals surface area contributed by atoms with Gasteiger partial charge in [0.2, 0.25) is 0 Å². The van der Waals surface area contributed by atoms with Crippen molar-refractivity contribution in [3.63, 3.8) is 0 Å². The molecule has 5 aliphatic rings. The summed E-state index contributed by atoms with van der Waals surface area (Å²) in [4.78, 5) is 2.87. The lowest BCUT2D eigenvalue weighted by molar-refractivity contribution is -0.102. The summed E-state index contributed by atoms with van der Waals surface area (Å²) in [6.45, 7) is 6.15. The van der Waals surface area contributed by atoms with Crippen molar-refractivity contribution in [1.29, 1.82) is 0 Å². The molecule has 2 unspecified atom stereocenters. The van der Waals surface area contributed by atoms with Crippen LogP contribution >= 0.6 is 0 Å². The van der Waals surface area contributed by atoms with E-state index in [1.807, 2.05) is 0 Å². The lowest BCUT2D eigenvalue weighted by Gasteiger charge is -2.61. The second kappa shape index (κ2) is 5.53. The lowest BCUT2D eigenvalue weighted by atomic mass is 9.47. The number of nitrogens with two attached hydrogens (primary N) is 1. The second-order valence-corrected chi connectivity index (χ2v) is 9.04. The normalized spacial score (nSPS) is 47.7. The van der Waals surface area contributed by atoms with Crippen LogP contribution in [0.15, 0.2) is 0 Å². The molecule has 0 aromatic heterocycles. The minimum Gasteiger partial charge on any atom is -0.330 e. The lowest BCUT2D eigenvalue weighted by Crippen LogP contribution is -2.57. The van der Waals surface area contributed by atoms with Crippen LogP contribution in [0.3, 0.4) is 0 Å². The summed E-state index contributed by atoms with van der Waals surface area (Å²) in [5.74, 6) is 4.13. The van der Waals surface area contributed by atoms with Gasteiger partial charge in [-0.05, 0) is 107 Å². The third kappa shape index (κ3) is 2.57. The Morgan fingerprint density at radius 2 is 1.71 bits per heavy atom. The highest BCUT2D eigenvalue weighted by molar-refractivity contribution is 5.06. The number of hydrogen-bond acceptors (Lipinski definition) is 2. The zero-order valence-electron chi connectivity index (χ0n) is 13.9. The maximum Gasteiger partial charge on any atom is 0.0124 e. The molecule has 0 amide bonds. The molecule has 4 bridgehead atoms. The molecule has 2 N–H and O–H groups in total. The Balaban J connectivity index is 1.47. The van der Waals surface area contributed by atoms with E-state index < -0.39 is 0 Å². The zero-order chi connectivity index (χ0) is 14.4. The molecule has 4 aliphatic carbocycles. The van der Waals surface area contributed by atoms with Crippen LogP contribution in [0.2, 0.25) is 0 Å². The molecule has 0 aromatic carbocycles. The average Bonchev–Trinajstić information content (AvgIpc) is 2.46. The summed E-state index contributed by atoms with van der Waals surface area (Å²) in [5, 5.41) is 0. The van der Waals surface area contributed by atoms with Gasteiger partial charge in [-0.1, -0.05) is 0 Å². The third-order valence-corrected chi connectivity index (χ3v) is 7.64. The van der Waals surface area contributed by atoms with Gasteiger partial charge >= 0.3 is 0 Å². The molecule has 1 aliphatic heterocycles. The van der Waals surface area contributed by atoms with E-state index in [0.717, 1.165) is 36.3 Å². The van der Waals surface area contributed by atoms with Crippen molar-refractivity contribution >= 4 is 0 Å². The van der Waals surface area contributed by atoms with Gasteiger partial charge in [-0.3, -0.25) is 4.90 Å². The third-order valence-electron chi connectivity index (χ3n) is 7.64. The van der Waals surface area contributed by atoms with Gasteiger partial charge < -0.3 is 5.73 Å². The number of piperidine rings is 1. The zero-order valence-corrected chi connectivity index (χ0v) is 13.9. The van der Waals surface area contributed by atoms with Gasteiger partial charge in [0.1, 0.15) is 0 Å². The topological polar surface area (TPSA) is 29.3 Å². The summed E-state index contributed by atoms with van der Waals surface area (Å²) < 4.78 is 0.